The van der Waals surface area contributed by atoms with E-state index in [0.717, 1.165) is 5.69 Å². The number of aromatic hydroxyl groups is 1. The van der Waals surface area contributed by atoms with Crippen molar-refractivity contribution in [1.29, 1.82) is 0 Å². The molecular formula is C16H24N2O5. The summed E-state index contributed by atoms with van der Waals surface area (Å²) < 4.78 is 1.75. The van der Waals surface area contributed by atoms with Crippen molar-refractivity contribution in [3.63, 3.8) is 0 Å². The lowest BCUT2D eigenvalue weighted by Gasteiger charge is -2.31. The van der Waals surface area contributed by atoms with Gasteiger partial charge in [0.05, 0.1) is 24.8 Å². The number of likely N-dealkylation sites (tertiary alicyclic amines) is 1. The molecule has 0 aromatic carbocycles. The second-order valence-corrected chi connectivity index (χ2v) is 6.05. The highest BCUT2D eigenvalue weighted by atomic mass is 16.4. The van der Waals surface area contributed by atoms with Crippen LogP contribution in [0.15, 0.2) is 17.1 Å². The van der Waals surface area contributed by atoms with Gasteiger partial charge in [-0.05, 0) is 32.4 Å². The van der Waals surface area contributed by atoms with Gasteiger partial charge in [0, 0.05) is 18.3 Å². The lowest BCUT2D eigenvalue weighted by atomic mass is 9.97. The molecule has 1 saturated heterocycles. The van der Waals surface area contributed by atoms with E-state index in [1.54, 1.807) is 4.57 Å². The maximum atomic E-state index is 11.8. The van der Waals surface area contributed by atoms with Crippen LogP contribution < -0.4 is 5.43 Å². The van der Waals surface area contributed by atoms with Gasteiger partial charge in [-0.2, -0.15) is 0 Å². The van der Waals surface area contributed by atoms with Crippen molar-refractivity contribution in [2.75, 3.05) is 19.7 Å². The Morgan fingerprint density at radius 1 is 1.39 bits per heavy atom. The number of rotatable bonds is 6. The Balaban J connectivity index is 2.17. The fourth-order valence-electron chi connectivity index (χ4n) is 3.03. The summed E-state index contributed by atoms with van der Waals surface area (Å²) in [7, 11) is 0. The number of piperidine rings is 1. The molecule has 0 saturated carbocycles. The second kappa shape index (κ2) is 7.61. The van der Waals surface area contributed by atoms with Crippen LogP contribution >= 0.6 is 0 Å². The third-order valence-corrected chi connectivity index (χ3v) is 4.54. The fourth-order valence-corrected chi connectivity index (χ4v) is 3.03. The smallest absolute Gasteiger partial charge is 0.306 e. The van der Waals surface area contributed by atoms with E-state index in [1.165, 1.54) is 12.3 Å². The van der Waals surface area contributed by atoms with Crippen molar-refractivity contribution in [3.05, 3.63) is 28.2 Å². The molecule has 23 heavy (non-hydrogen) atoms. The first-order chi connectivity index (χ1) is 11.0. The van der Waals surface area contributed by atoms with Gasteiger partial charge in [0.1, 0.15) is 0 Å². The summed E-state index contributed by atoms with van der Waals surface area (Å²) in [6.07, 6.45) is 3.24. The largest absolute Gasteiger partial charge is 0.503 e. The molecular weight excluding hydrogens is 300 g/mol. The summed E-state index contributed by atoms with van der Waals surface area (Å²) in [5, 5.41) is 28.2. The number of aliphatic hydroxyl groups excluding tert-OH is 1. The molecule has 1 atom stereocenters. The molecule has 7 nitrogen and oxygen atoms in total. The van der Waals surface area contributed by atoms with E-state index in [0.29, 0.717) is 38.9 Å². The number of aromatic nitrogens is 1. The lowest BCUT2D eigenvalue weighted by Crippen LogP contribution is -2.37. The standard InChI is InChI=1S/C16H24N2O5/c1-2-12(10-19)18-9-15(21)14(20)7-13(18)8-17-5-3-11(4-6-17)16(22)23/h7,9,11-12,19,21H,2-6,8,10H2,1H3,(H,22,23). The number of aliphatic hydroxyl groups is 1. The minimum atomic E-state index is -0.752. The summed E-state index contributed by atoms with van der Waals surface area (Å²) in [6.45, 7) is 3.66. The van der Waals surface area contributed by atoms with E-state index in [-0.39, 0.29) is 24.3 Å². The number of carbonyl (C=O) groups is 1. The average molecular weight is 324 g/mol. The Labute approximate surface area is 134 Å². The number of pyridine rings is 1. The average Bonchev–Trinajstić information content (AvgIpc) is 2.53. The molecule has 3 N–H and O–H groups in total. The van der Waals surface area contributed by atoms with E-state index in [1.807, 2.05) is 6.92 Å². The minimum Gasteiger partial charge on any atom is -0.503 e. The van der Waals surface area contributed by atoms with E-state index in [9.17, 15) is 19.8 Å². The van der Waals surface area contributed by atoms with E-state index >= 15 is 0 Å². The first-order valence-electron chi connectivity index (χ1n) is 7.96. The van der Waals surface area contributed by atoms with Crippen molar-refractivity contribution >= 4 is 5.97 Å². The van der Waals surface area contributed by atoms with Crippen LogP contribution in [-0.2, 0) is 11.3 Å². The van der Waals surface area contributed by atoms with Crippen LogP contribution in [0.3, 0.4) is 0 Å². The molecule has 0 amide bonds. The fraction of sp³-hybridized carbons (Fsp3) is 0.625. The Morgan fingerprint density at radius 2 is 2.04 bits per heavy atom. The molecule has 1 aliphatic rings. The normalized spacial score (nSPS) is 18.0. The Hall–Kier alpha value is -1.86. The molecule has 1 aromatic rings. The van der Waals surface area contributed by atoms with Gasteiger partial charge in [-0.25, -0.2) is 0 Å². The van der Waals surface area contributed by atoms with Crippen LogP contribution in [0.25, 0.3) is 0 Å². The van der Waals surface area contributed by atoms with Gasteiger partial charge in [-0.1, -0.05) is 6.92 Å². The number of hydrogen-bond donors (Lipinski definition) is 3. The molecule has 2 rings (SSSR count). The molecule has 1 aromatic heterocycles. The van der Waals surface area contributed by atoms with Crippen LogP contribution in [-0.4, -0.2) is 50.5 Å². The zero-order valence-electron chi connectivity index (χ0n) is 13.3. The van der Waals surface area contributed by atoms with Crippen molar-refractivity contribution in [2.45, 2.75) is 38.8 Å². The maximum Gasteiger partial charge on any atom is 0.306 e. The van der Waals surface area contributed by atoms with E-state index in [2.05, 4.69) is 4.90 Å². The number of carboxylic acids is 1. The Kier molecular flexibility index (Phi) is 5.79. The van der Waals surface area contributed by atoms with E-state index in [4.69, 9.17) is 5.11 Å². The second-order valence-electron chi connectivity index (χ2n) is 6.05. The van der Waals surface area contributed by atoms with Gasteiger partial charge < -0.3 is 19.9 Å². The van der Waals surface area contributed by atoms with Crippen LogP contribution in [0.1, 0.15) is 37.9 Å². The molecule has 0 aliphatic carbocycles. The molecule has 1 unspecified atom stereocenters. The van der Waals surface area contributed by atoms with Crippen LogP contribution in [0.4, 0.5) is 0 Å². The van der Waals surface area contributed by atoms with E-state index < -0.39 is 11.4 Å². The van der Waals surface area contributed by atoms with Crippen LogP contribution in [0.5, 0.6) is 5.75 Å². The first-order valence-corrected chi connectivity index (χ1v) is 7.96. The first kappa shape index (κ1) is 17.5. The molecule has 0 radical (unpaired) electrons. The van der Waals surface area contributed by atoms with Gasteiger partial charge >= 0.3 is 5.97 Å². The summed E-state index contributed by atoms with van der Waals surface area (Å²) in [5.41, 5.74) is 0.284. The molecule has 128 valence electrons. The number of aliphatic carboxylic acids is 1. The zero-order valence-corrected chi connectivity index (χ0v) is 13.3. The predicted molar refractivity (Wildman–Crippen MR) is 84.4 cm³/mol. The SMILES string of the molecule is CCC(CO)n1cc(O)c(=O)cc1CN1CCC(C(=O)O)CC1. The van der Waals surface area contributed by atoms with Crippen molar-refractivity contribution in [2.24, 2.45) is 5.92 Å². The summed E-state index contributed by atoms with van der Waals surface area (Å²) in [6, 6.07) is 1.20. The highest BCUT2D eigenvalue weighted by Gasteiger charge is 2.25. The third-order valence-electron chi connectivity index (χ3n) is 4.54. The summed E-state index contributed by atoms with van der Waals surface area (Å²) in [4.78, 5) is 24.9. The molecule has 0 bridgehead atoms. The molecule has 1 fully saturated rings. The monoisotopic (exact) mass is 324 g/mol. The quantitative estimate of drug-likeness (QED) is 0.715. The topological polar surface area (TPSA) is 103 Å². The minimum absolute atomic E-state index is 0.0765. The highest BCUT2D eigenvalue weighted by Crippen LogP contribution is 2.21. The third kappa shape index (κ3) is 4.11. The number of hydrogen-bond acceptors (Lipinski definition) is 5. The zero-order chi connectivity index (χ0) is 17.0. The Morgan fingerprint density at radius 3 is 2.57 bits per heavy atom. The maximum absolute atomic E-state index is 11.8. The number of nitrogens with zero attached hydrogens (tertiary/aromatic N) is 2. The predicted octanol–water partition coefficient (Wildman–Crippen LogP) is 0.794. The molecule has 7 heteroatoms. The van der Waals surface area contributed by atoms with Crippen LogP contribution in [0.2, 0.25) is 0 Å². The van der Waals surface area contributed by atoms with Gasteiger partial charge in [0.15, 0.2) is 5.75 Å². The van der Waals surface area contributed by atoms with Gasteiger partial charge in [-0.15, -0.1) is 0 Å². The van der Waals surface area contributed by atoms with Gasteiger partial charge in [-0.3, -0.25) is 14.5 Å². The molecule has 2 heterocycles. The van der Waals surface area contributed by atoms with Crippen molar-refractivity contribution < 1.29 is 20.1 Å². The Bertz CT molecular complexity index is 601. The lowest BCUT2D eigenvalue weighted by molar-refractivity contribution is -0.143. The van der Waals surface area contributed by atoms with Gasteiger partial charge in [0.25, 0.3) is 0 Å². The van der Waals surface area contributed by atoms with Gasteiger partial charge in [0.2, 0.25) is 5.43 Å². The molecule has 0 spiro atoms. The summed E-state index contributed by atoms with van der Waals surface area (Å²) in [5.74, 6) is -1.38. The van der Waals surface area contributed by atoms with Crippen molar-refractivity contribution in [1.82, 2.24) is 9.47 Å². The molecule has 1 aliphatic heterocycles. The van der Waals surface area contributed by atoms with Crippen LogP contribution in [0, 0.1) is 5.92 Å². The summed E-state index contributed by atoms with van der Waals surface area (Å²) >= 11 is 0. The highest BCUT2D eigenvalue weighted by molar-refractivity contribution is 5.70. The van der Waals surface area contributed by atoms with Crippen molar-refractivity contribution in [3.8, 4) is 5.75 Å². The number of carboxylic acid groups (broad SMARTS) is 1.